The topological polar surface area (TPSA) is 54.7 Å². The number of aromatic nitrogens is 2. The highest BCUT2D eigenvalue weighted by Gasteiger charge is 2.14. The molecule has 0 saturated heterocycles. The SMILES string of the molecule is NCCc1nc2c3c(ccc2[nH]1)CCCC3. The summed E-state index contributed by atoms with van der Waals surface area (Å²) in [6, 6.07) is 4.41. The van der Waals surface area contributed by atoms with Gasteiger partial charge in [0.05, 0.1) is 11.0 Å². The number of H-pyrrole nitrogens is 1. The predicted octanol–water partition coefficient (Wildman–Crippen LogP) is 1.94. The van der Waals surface area contributed by atoms with Gasteiger partial charge in [-0.15, -0.1) is 0 Å². The van der Waals surface area contributed by atoms with E-state index in [0.29, 0.717) is 6.54 Å². The summed E-state index contributed by atoms with van der Waals surface area (Å²) in [5.74, 6) is 1.02. The second-order valence-electron chi connectivity index (χ2n) is 4.53. The molecule has 3 N–H and O–H groups in total. The van der Waals surface area contributed by atoms with Crippen molar-refractivity contribution in [1.29, 1.82) is 0 Å². The molecule has 3 heteroatoms. The van der Waals surface area contributed by atoms with Gasteiger partial charge in [-0.2, -0.15) is 0 Å². The molecule has 0 unspecified atom stereocenters. The van der Waals surface area contributed by atoms with Gasteiger partial charge >= 0.3 is 0 Å². The van der Waals surface area contributed by atoms with E-state index in [1.54, 1.807) is 0 Å². The van der Waals surface area contributed by atoms with E-state index in [0.717, 1.165) is 12.2 Å². The first kappa shape index (κ1) is 9.85. The van der Waals surface area contributed by atoms with Crippen LogP contribution in [0.1, 0.15) is 29.8 Å². The first-order valence-corrected chi connectivity index (χ1v) is 6.08. The molecule has 0 atom stereocenters. The number of imidazole rings is 1. The standard InChI is InChI=1S/C13H17N3/c14-8-7-12-15-11-6-5-9-3-1-2-4-10(9)13(11)16-12/h5-6H,1-4,7-8,14H2,(H,15,16). The molecule has 0 saturated carbocycles. The average molecular weight is 215 g/mol. The summed E-state index contributed by atoms with van der Waals surface area (Å²) < 4.78 is 0. The van der Waals surface area contributed by atoms with E-state index in [1.165, 1.54) is 47.8 Å². The minimum atomic E-state index is 0.655. The Kier molecular flexibility index (Phi) is 2.40. The van der Waals surface area contributed by atoms with Gasteiger partial charge in [-0.25, -0.2) is 4.98 Å². The number of aryl methyl sites for hydroxylation is 2. The van der Waals surface area contributed by atoms with E-state index in [9.17, 15) is 0 Å². The Morgan fingerprint density at radius 1 is 1.25 bits per heavy atom. The molecule has 0 aliphatic heterocycles. The molecule has 0 bridgehead atoms. The first-order valence-electron chi connectivity index (χ1n) is 6.08. The van der Waals surface area contributed by atoms with Crippen LogP contribution in [0.5, 0.6) is 0 Å². The molecule has 1 aliphatic rings. The Labute approximate surface area is 95.1 Å². The zero-order valence-corrected chi connectivity index (χ0v) is 9.42. The van der Waals surface area contributed by atoms with Gasteiger partial charge in [-0.05, 0) is 49.4 Å². The zero-order chi connectivity index (χ0) is 11.0. The summed E-state index contributed by atoms with van der Waals surface area (Å²) in [5, 5.41) is 0. The summed E-state index contributed by atoms with van der Waals surface area (Å²) in [5.41, 5.74) is 10.9. The minimum Gasteiger partial charge on any atom is -0.342 e. The van der Waals surface area contributed by atoms with Crippen LogP contribution in [-0.2, 0) is 19.3 Å². The number of nitrogens with two attached hydrogens (primary N) is 1. The first-order chi connectivity index (χ1) is 7.88. The van der Waals surface area contributed by atoms with E-state index in [2.05, 4.69) is 22.1 Å². The second kappa shape index (κ2) is 3.91. The van der Waals surface area contributed by atoms with Crippen molar-refractivity contribution in [2.45, 2.75) is 32.1 Å². The van der Waals surface area contributed by atoms with Gasteiger partial charge < -0.3 is 10.7 Å². The van der Waals surface area contributed by atoms with E-state index in [-0.39, 0.29) is 0 Å². The van der Waals surface area contributed by atoms with Crippen molar-refractivity contribution in [3.63, 3.8) is 0 Å². The Hall–Kier alpha value is -1.35. The molecule has 16 heavy (non-hydrogen) atoms. The fourth-order valence-electron chi connectivity index (χ4n) is 2.61. The molecular formula is C13H17N3. The molecule has 1 aromatic carbocycles. The summed E-state index contributed by atoms with van der Waals surface area (Å²) in [4.78, 5) is 8.04. The maximum atomic E-state index is 5.56. The molecule has 3 nitrogen and oxygen atoms in total. The molecule has 0 fully saturated rings. The number of nitrogens with one attached hydrogen (secondary N) is 1. The van der Waals surface area contributed by atoms with Crippen molar-refractivity contribution in [1.82, 2.24) is 9.97 Å². The third-order valence-corrected chi connectivity index (χ3v) is 3.41. The lowest BCUT2D eigenvalue weighted by Crippen LogP contribution is -2.04. The van der Waals surface area contributed by atoms with Crippen molar-refractivity contribution < 1.29 is 0 Å². The Morgan fingerprint density at radius 2 is 2.12 bits per heavy atom. The molecule has 0 spiro atoms. The maximum Gasteiger partial charge on any atom is 0.108 e. The molecule has 2 aromatic rings. The van der Waals surface area contributed by atoms with Crippen LogP contribution < -0.4 is 5.73 Å². The van der Waals surface area contributed by atoms with E-state index >= 15 is 0 Å². The lowest BCUT2D eigenvalue weighted by Gasteiger charge is -2.15. The molecule has 84 valence electrons. The highest BCUT2D eigenvalue weighted by atomic mass is 14.9. The number of benzene rings is 1. The van der Waals surface area contributed by atoms with Gasteiger partial charge in [0.2, 0.25) is 0 Å². The number of aromatic amines is 1. The Balaban J connectivity index is 2.15. The largest absolute Gasteiger partial charge is 0.342 e. The zero-order valence-electron chi connectivity index (χ0n) is 9.42. The number of hydrogen-bond donors (Lipinski definition) is 2. The third kappa shape index (κ3) is 1.52. The monoisotopic (exact) mass is 215 g/mol. The van der Waals surface area contributed by atoms with Crippen LogP contribution in [0.2, 0.25) is 0 Å². The van der Waals surface area contributed by atoms with Crippen LogP contribution in [0.4, 0.5) is 0 Å². The summed E-state index contributed by atoms with van der Waals surface area (Å²) in [6.07, 6.45) is 5.84. The summed E-state index contributed by atoms with van der Waals surface area (Å²) in [6.45, 7) is 0.655. The summed E-state index contributed by atoms with van der Waals surface area (Å²) in [7, 11) is 0. The maximum absolute atomic E-state index is 5.56. The third-order valence-electron chi connectivity index (χ3n) is 3.41. The predicted molar refractivity (Wildman–Crippen MR) is 65.5 cm³/mol. The van der Waals surface area contributed by atoms with Gasteiger partial charge in [0.25, 0.3) is 0 Å². The van der Waals surface area contributed by atoms with Crippen LogP contribution >= 0.6 is 0 Å². The van der Waals surface area contributed by atoms with Crippen LogP contribution in [-0.4, -0.2) is 16.5 Å². The van der Waals surface area contributed by atoms with Gasteiger partial charge in [-0.3, -0.25) is 0 Å². The second-order valence-corrected chi connectivity index (χ2v) is 4.53. The fraction of sp³-hybridized carbons (Fsp3) is 0.462. The fourth-order valence-corrected chi connectivity index (χ4v) is 2.61. The highest BCUT2D eigenvalue weighted by molar-refractivity contribution is 5.80. The number of fused-ring (bicyclic) bond motifs is 3. The van der Waals surface area contributed by atoms with Crippen LogP contribution in [0.25, 0.3) is 11.0 Å². The lowest BCUT2D eigenvalue weighted by molar-refractivity contribution is 0.689. The van der Waals surface area contributed by atoms with Crippen molar-refractivity contribution in [3.8, 4) is 0 Å². The van der Waals surface area contributed by atoms with Gasteiger partial charge in [0.1, 0.15) is 5.82 Å². The number of hydrogen-bond acceptors (Lipinski definition) is 2. The molecular weight excluding hydrogens is 198 g/mol. The van der Waals surface area contributed by atoms with Gasteiger partial charge in [0.15, 0.2) is 0 Å². The molecule has 1 aromatic heterocycles. The van der Waals surface area contributed by atoms with Gasteiger partial charge in [-0.1, -0.05) is 6.07 Å². The van der Waals surface area contributed by atoms with Crippen LogP contribution in [0, 0.1) is 0 Å². The Bertz CT molecular complexity index is 513. The van der Waals surface area contributed by atoms with E-state index in [4.69, 9.17) is 5.73 Å². The minimum absolute atomic E-state index is 0.655. The molecule has 0 radical (unpaired) electrons. The molecule has 0 amide bonds. The highest BCUT2D eigenvalue weighted by Crippen LogP contribution is 2.27. The van der Waals surface area contributed by atoms with Gasteiger partial charge in [0, 0.05) is 6.42 Å². The van der Waals surface area contributed by atoms with Crippen molar-refractivity contribution in [3.05, 3.63) is 29.1 Å². The quantitative estimate of drug-likeness (QED) is 0.804. The Morgan fingerprint density at radius 3 is 3.00 bits per heavy atom. The number of rotatable bonds is 2. The number of nitrogens with zero attached hydrogens (tertiary/aromatic N) is 1. The van der Waals surface area contributed by atoms with E-state index in [1.807, 2.05) is 0 Å². The average Bonchev–Trinajstić information content (AvgIpc) is 2.72. The molecule has 3 rings (SSSR count). The smallest absolute Gasteiger partial charge is 0.108 e. The summed E-state index contributed by atoms with van der Waals surface area (Å²) >= 11 is 0. The van der Waals surface area contributed by atoms with Crippen molar-refractivity contribution in [2.75, 3.05) is 6.54 Å². The molecule has 1 aliphatic carbocycles. The lowest BCUT2D eigenvalue weighted by atomic mass is 9.91. The van der Waals surface area contributed by atoms with Crippen molar-refractivity contribution in [2.24, 2.45) is 5.73 Å². The van der Waals surface area contributed by atoms with Crippen LogP contribution in [0.15, 0.2) is 12.1 Å². The van der Waals surface area contributed by atoms with E-state index < -0.39 is 0 Å². The molecule has 1 heterocycles. The normalized spacial score (nSPS) is 15.3. The van der Waals surface area contributed by atoms with Crippen molar-refractivity contribution >= 4 is 11.0 Å². The van der Waals surface area contributed by atoms with Crippen LogP contribution in [0.3, 0.4) is 0 Å².